The minimum Gasteiger partial charge on any atom is -0.362 e. The Kier molecular flexibility index (Phi) is 4.79. The van der Waals surface area contributed by atoms with E-state index in [1.54, 1.807) is 0 Å². The maximum absolute atomic E-state index is 11.0. The van der Waals surface area contributed by atoms with Crippen LogP contribution in [-0.4, -0.2) is 27.5 Å². The highest BCUT2D eigenvalue weighted by atomic mass is 32.2. The van der Waals surface area contributed by atoms with E-state index < -0.39 is 4.92 Å². The lowest BCUT2D eigenvalue weighted by Crippen LogP contribution is -2.27. The summed E-state index contributed by atoms with van der Waals surface area (Å²) in [5.41, 5.74) is 0.0735. The maximum Gasteiger partial charge on any atom is 0.312 e. The number of thioether (sulfide) groups is 1. The van der Waals surface area contributed by atoms with Crippen LogP contribution in [0.25, 0.3) is 0 Å². The van der Waals surface area contributed by atoms with E-state index in [1.165, 1.54) is 12.3 Å². The van der Waals surface area contributed by atoms with Crippen LogP contribution in [0.2, 0.25) is 0 Å². The van der Waals surface area contributed by atoms with Crippen molar-refractivity contribution in [2.75, 3.05) is 11.6 Å². The van der Waals surface area contributed by atoms with Crippen molar-refractivity contribution < 1.29 is 4.92 Å². The summed E-state index contributed by atoms with van der Waals surface area (Å²) in [6.07, 6.45) is 7.69. The summed E-state index contributed by atoms with van der Waals surface area (Å²) in [4.78, 5) is 14.6. The number of nitro groups is 1. The number of aromatic nitrogens is 1. The molecule has 0 amide bonds. The smallest absolute Gasteiger partial charge is 0.312 e. The Bertz CT molecular complexity index is 536. The second-order valence-corrected chi connectivity index (χ2v) is 5.95. The van der Waals surface area contributed by atoms with Crippen molar-refractivity contribution in [2.24, 2.45) is 0 Å². The summed E-state index contributed by atoms with van der Waals surface area (Å²) in [7, 11) is 0. The van der Waals surface area contributed by atoms with Gasteiger partial charge in [-0.2, -0.15) is 17.0 Å². The SMILES string of the molecule is CSC1CCC(Nc2ncc(C#N)cc2[N+](=O)[O-])CC1. The van der Waals surface area contributed by atoms with Gasteiger partial charge in [0, 0.05) is 23.6 Å². The van der Waals surface area contributed by atoms with Crippen molar-refractivity contribution in [3.8, 4) is 6.07 Å². The Morgan fingerprint density at radius 3 is 2.75 bits per heavy atom. The number of nitriles is 1. The summed E-state index contributed by atoms with van der Waals surface area (Å²) >= 11 is 1.88. The predicted molar refractivity (Wildman–Crippen MR) is 78.8 cm³/mol. The lowest BCUT2D eigenvalue weighted by Gasteiger charge is -2.28. The monoisotopic (exact) mass is 292 g/mol. The summed E-state index contributed by atoms with van der Waals surface area (Å²) in [5.74, 6) is 0.265. The molecule has 0 spiro atoms. The van der Waals surface area contributed by atoms with E-state index in [9.17, 15) is 10.1 Å². The number of nitrogens with zero attached hydrogens (tertiary/aromatic N) is 3. The molecule has 6 nitrogen and oxygen atoms in total. The fourth-order valence-electron chi connectivity index (χ4n) is 2.40. The highest BCUT2D eigenvalue weighted by Gasteiger charge is 2.24. The molecule has 1 heterocycles. The molecular formula is C13H16N4O2S. The van der Waals surface area contributed by atoms with Crippen LogP contribution in [0.1, 0.15) is 31.2 Å². The molecule has 1 aliphatic carbocycles. The van der Waals surface area contributed by atoms with E-state index in [-0.39, 0.29) is 23.1 Å². The molecule has 0 bridgehead atoms. The quantitative estimate of drug-likeness (QED) is 0.677. The van der Waals surface area contributed by atoms with Crippen LogP contribution in [0.3, 0.4) is 0 Å². The van der Waals surface area contributed by atoms with Gasteiger partial charge < -0.3 is 5.32 Å². The van der Waals surface area contributed by atoms with E-state index in [0.717, 1.165) is 25.7 Å². The van der Waals surface area contributed by atoms with Crippen molar-refractivity contribution >= 4 is 23.3 Å². The van der Waals surface area contributed by atoms with Gasteiger partial charge in [-0.1, -0.05) is 0 Å². The average Bonchev–Trinajstić information content (AvgIpc) is 2.48. The van der Waals surface area contributed by atoms with Crippen LogP contribution in [0.15, 0.2) is 12.3 Å². The molecule has 0 radical (unpaired) electrons. The highest BCUT2D eigenvalue weighted by Crippen LogP contribution is 2.30. The Balaban J connectivity index is 2.10. The summed E-state index contributed by atoms with van der Waals surface area (Å²) in [6, 6.07) is 3.36. The van der Waals surface area contributed by atoms with Gasteiger partial charge in [0.05, 0.1) is 10.5 Å². The topological polar surface area (TPSA) is 91.8 Å². The predicted octanol–water partition coefficient (Wildman–Crippen LogP) is 2.95. The molecule has 1 N–H and O–H groups in total. The van der Waals surface area contributed by atoms with E-state index >= 15 is 0 Å². The summed E-state index contributed by atoms with van der Waals surface area (Å²) < 4.78 is 0. The molecule has 106 valence electrons. The van der Waals surface area contributed by atoms with Gasteiger partial charge in [0.2, 0.25) is 5.82 Å². The number of hydrogen-bond acceptors (Lipinski definition) is 6. The Hall–Kier alpha value is -1.81. The van der Waals surface area contributed by atoms with Gasteiger partial charge in [0.1, 0.15) is 6.07 Å². The molecule has 20 heavy (non-hydrogen) atoms. The zero-order valence-electron chi connectivity index (χ0n) is 11.2. The number of nitrogens with one attached hydrogen (secondary N) is 1. The third-order valence-corrected chi connectivity index (χ3v) is 4.68. The highest BCUT2D eigenvalue weighted by molar-refractivity contribution is 7.99. The first kappa shape index (κ1) is 14.6. The fraction of sp³-hybridized carbons (Fsp3) is 0.538. The molecule has 1 fully saturated rings. The number of rotatable bonds is 4. The van der Waals surface area contributed by atoms with Crippen molar-refractivity contribution in [3.05, 3.63) is 27.9 Å². The van der Waals surface area contributed by atoms with E-state index in [1.807, 2.05) is 17.8 Å². The summed E-state index contributed by atoms with van der Waals surface area (Å²) in [5, 5.41) is 23.7. The van der Waals surface area contributed by atoms with Gasteiger partial charge >= 0.3 is 5.69 Å². The molecule has 0 saturated heterocycles. The molecule has 1 aromatic heterocycles. The van der Waals surface area contributed by atoms with Gasteiger partial charge in [-0.3, -0.25) is 10.1 Å². The number of hydrogen-bond donors (Lipinski definition) is 1. The molecule has 2 rings (SSSR count). The number of pyridine rings is 1. The van der Waals surface area contributed by atoms with Crippen LogP contribution in [0.5, 0.6) is 0 Å². The Morgan fingerprint density at radius 2 is 2.20 bits per heavy atom. The van der Waals surface area contributed by atoms with Crippen molar-refractivity contribution in [1.29, 1.82) is 5.26 Å². The summed E-state index contributed by atoms with van der Waals surface area (Å²) in [6.45, 7) is 0. The van der Waals surface area contributed by atoms with Crippen molar-refractivity contribution in [1.82, 2.24) is 4.98 Å². The van der Waals surface area contributed by atoms with E-state index in [0.29, 0.717) is 5.25 Å². The van der Waals surface area contributed by atoms with Crippen molar-refractivity contribution in [2.45, 2.75) is 37.0 Å². The normalized spacial score (nSPS) is 22.0. The molecule has 1 aliphatic rings. The lowest BCUT2D eigenvalue weighted by atomic mass is 9.95. The lowest BCUT2D eigenvalue weighted by molar-refractivity contribution is -0.384. The molecule has 0 atom stereocenters. The average molecular weight is 292 g/mol. The second kappa shape index (κ2) is 6.57. The number of anilines is 1. The largest absolute Gasteiger partial charge is 0.362 e. The Labute approximate surface area is 121 Å². The molecular weight excluding hydrogens is 276 g/mol. The maximum atomic E-state index is 11.0. The molecule has 0 aliphatic heterocycles. The van der Waals surface area contributed by atoms with Gasteiger partial charge in [-0.25, -0.2) is 4.98 Å². The first-order valence-corrected chi connectivity index (χ1v) is 7.76. The molecule has 0 aromatic carbocycles. The first-order valence-electron chi connectivity index (χ1n) is 6.48. The zero-order chi connectivity index (χ0) is 14.5. The van der Waals surface area contributed by atoms with E-state index in [4.69, 9.17) is 5.26 Å². The zero-order valence-corrected chi connectivity index (χ0v) is 12.0. The second-order valence-electron chi connectivity index (χ2n) is 4.81. The minimum absolute atomic E-state index is 0.129. The van der Waals surface area contributed by atoms with Gasteiger partial charge in [0.15, 0.2) is 0 Å². The Morgan fingerprint density at radius 1 is 1.50 bits per heavy atom. The third kappa shape index (κ3) is 3.39. The first-order chi connectivity index (χ1) is 9.63. The fourth-order valence-corrected chi connectivity index (χ4v) is 3.14. The molecule has 1 saturated carbocycles. The van der Waals surface area contributed by atoms with Crippen LogP contribution in [-0.2, 0) is 0 Å². The van der Waals surface area contributed by atoms with Crippen LogP contribution >= 0.6 is 11.8 Å². The minimum atomic E-state index is -0.496. The molecule has 7 heteroatoms. The van der Waals surface area contributed by atoms with Gasteiger partial charge in [0.25, 0.3) is 0 Å². The molecule has 0 unspecified atom stereocenters. The molecule has 1 aromatic rings. The standard InChI is InChI=1S/C13H16N4O2S/c1-20-11-4-2-10(3-5-11)16-13-12(17(18)19)6-9(7-14)8-15-13/h6,8,10-11H,2-5H2,1H3,(H,15,16). The van der Waals surface area contributed by atoms with Gasteiger partial charge in [-0.15, -0.1) is 0 Å². The van der Waals surface area contributed by atoms with Crippen molar-refractivity contribution in [3.63, 3.8) is 0 Å². The van der Waals surface area contributed by atoms with Gasteiger partial charge in [-0.05, 0) is 31.9 Å². The van der Waals surface area contributed by atoms with Crippen LogP contribution < -0.4 is 5.32 Å². The van der Waals surface area contributed by atoms with Crippen LogP contribution in [0.4, 0.5) is 11.5 Å². The third-order valence-electron chi connectivity index (χ3n) is 3.54. The van der Waals surface area contributed by atoms with E-state index in [2.05, 4.69) is 16.6 Å². The van der Waals surface area contributed by atoms with Crippen LogP contribution in [0, 0.1) is 21.4 Å².